The van der Waals surface area contributed by atoms with Gasteiger partial charge in [-0.25, -0.2) is 0 Å². The second kappa shape index (κ2) is 6.60. The van der Waals surface area contributed by atoms with Gasteiger partial charge in [0.1, 0.15) is 5.75 Å². The number of rotatable bonds is 4. The topological polar surface area (TPSA) is 51.2 Å². The van der Waals surface area contributed by atoms with Gasteiger partial charge in [0.2, 0.25) is 0 Å². The van der Waals surface area contributed by atoms with Crippen molar-refractivity contribution in [3.63, 3.8) is 0 Å². The Bertz CT molecular complexity index is 646. The van der Waals surface area contributed by atoms with E-state index in [4.69, 9.17) is 4.74 Å². The average molecular weight is 298 g/mol. The minimum absolute atomic E-state index is 0.0946. The molecule has 0 aliphatic rings. The van der Waals surface area contributed by atoms with Gasteiger partial charge in [-0.1, -0.05) is 26.8 Å². The van der Waals surface area contributed by atoms with Gasteiger partial charge in [0.25, 0.3) is 5.91 Å². The number of benzene rings is 1. The van der Waals surface area contributed by atoms with E-state index in [2.05, 4.69) is 31.1 Å². The largest absolute Gasteiger partial charge is 0.496 e. The Morgan fingerprint density at radius 2 is 2.00 bits per heavy atom. The molecule has 4 nitrogen and oxygen atoms in total. The van der Waals surface area contributed by atoms with Crippen molar-refractivity contribution in [2.24, 2.45) is 0 Å². The minimum Gasteiger partial charge on any atom is -0.496 e. The second-order valence-corrected chi connectivity index (χ2v) is 6.17. The first-order valence-electron chi connectivity index (χ1n) is 7.28. The van der Waals surface area contributed by atoms with Crippen LogP contribution in [0.3, 0.4) is 0 Å². The lowest BCUT2D eigenvalue weighted by molar-refractivity contribution is 0.0950. The zero-order valence-corrected chi connectivity index (χ0v) is 13.5. The smallest absolute Gasteiger partial charge is 0.251 e. The Labute approximate surface area is 131 Å². The first kappa shape index (κ1) is 16.0. The number of ether oxygens (including phenoxy) is 1. The van der Waals surface area contributed by atoms with Crippen LogP contribution in [0.2, 0.25) is 0 Å². The number of carbonyl (C=O) groups is 1. The Morgan fingerprint density at radius 1 is 1.23 bits per heavy atom. The molecule has 4 heteroatoms. The van der Waals surface area contributed by atoms with Crippen LogP contribution in [0.15, 0.2) is 42.6 Å². The lowest BCUT2D eigenvalue weighted by Gasteiger charge is -2.22. The molecule has 0 unspecified atom stereocenters. The summed E-state index contributed by atoms with van der Waals surface area (Å²) >= 11 is 0. The second-order valence-electron chi connectivity index (χ2n) is 6.17. The number of hydrogen-bond acceptors (Lipinski definition) is 3. The van der Waals surface area contributed by atoms with Gasteiger partial charge < -0.3 is 10.1 Å². The predicted molar refractivity (Wildman–Crippen MR) is 87.1 cm³/mol. The third-order valence-corrected chi connectivity index (χ3v) is 3.43. The van der Waals surface area contributed by atoms with E-state index in [0.29, 0.717) is 12.1 Å². The molecule has 0 spiro atoms. The number of nitrogens with zero attached hydrogens (tertiary/aromatic N) is 1. The highest BCUT2D eigenvalue weighted by Gasteiger charge is 2.20. The minimum atomic E-state index is -0.112. The van der Waals surface area contributed by atoms with Crippen molar-refractivity contribution in [3.05, 3.63) is 59.4 Å². The first-order valence-corrected chi connectivity index (χ1v) is 7.28. The molecule has 0 saturated heterocycles. The van der Waals surface area contributed by atoms with E-state index < -0.39 is 0 Å². The van der Waals surface area contributed by atoms with Crippen molar-refractivity contribution in [1.29, 1.82) is 0 Å². The van der Waals surface area contributed by atoms with Crippen LogP contribution in [0.5, 0.6) is 5.75 Å². The van der Waals surface area contributed by atoms with Crippen LogP contribution in [0, 0.1) is 0 Å². The molecule has 0 atom stereocenters. The van der Waals surface area contributed by atoms with E-state index in [-0.39, 0.29) is 11.3 Å². The van der Waals surface area contributed by atoms with Crippen LogP contribution in [0.1, 0.15) is 42.4 Å². The zero-order chi connectivity index (χ0) is 16.2. The van der Waals surface area contributed by atoms with Crippen molar-refractivity contribution in [2.75, 3.05) is 7.11 Å². The lowest BCUT2D eigenvalue weighted by Crippen LogP contribution is -2.24. The number of hydrogen-bond donors (Lipinski definition) is 1. The van der Waals surface area contributed by atoms with Crippen LogP contribution in [-0.4, -0.2) is 18.0 Å². The molecule has 2 rings (SSSR count). The molecule has 0 saturated carbocycles. The summed E-state index contributed by atoms with van der Waals surface area (Å²) in [4.78, 5) is 16.5. The first-order chi connectivity index (χ1) is 10.4. The summed E-state index contributed by atoms with van der Waals surface area (Å²) in [6.45, 7) is 6.71. The van der Waals surface area contributed by atoms with Gasteiger partial charge >= 0.3 is 0 Å². The Hall–Kier alpha value is -2.36. The number of pyridine rings is 1. The van der Waals surface area contributed by atoms with Crippen LogP contribution < -0.4 is 10.1 Å². The molecule has 116 valence electrons. The van der Waals surface area contributed by atoms with Crippen molar-refractivity contribution in [1.82, 2.24) is 10.3 Å². The van der Waals surface area contributed by atoms with E-state index in [1.54, 1.807) is 19.4 Å². The third kappa shape index (κ3) is 3.85. The highest BCUT2D eigenvalue weighted by molar-refractivity contribution is 5.94. The van der Waals surface area contributed by atoms with E-state index in [1.165, 1.54) is 0 Å². The highest BCUT2D eigenvalue weighted by Crippen LogP contribution is 2.31. The molecule has 0 aliphatic heterocycles. The molecule has 0 fully saturated rings. The molecule has 1 aromatic carbocycles. The zero-order valence-electron chi connectivity index (χ0n) is 13.5. The molecule has 1 amide bonds. The molecule has 22 heavy (non-hydrogen) atoms. The average Bonchev–Trinajstić information content (AvgIpc) is 2.52. The van der Waals surface area contributed by atoms with Crippen molar-refractivity contribution >= 4 is 5.91 Å². The SMILES string of the molecule is COc1ccc(C(=O)NCc2ccccn2)cc1C(C)(C)C. The number of methoxy groups -OCH3 is 1. The van der Waals surface area contributed by atoms with Crippen LogP contribution >= 0.6 is 0 Å². The summed E-state index contributed by atoms with van der Waals surface area (Å²) < 4.78 is 5.39. The highest BCUT2D eigenvalue weighted by atomic mass is 16.5. The van der Waals surface area contributed by atoms with Crippen LogP contribution in [0.4, 0.5) is 0 Å². The Balaban J connectivity index is 2.16. The molecule has 0 radical (unpaired) electrons. The predicted octanol–water partition coefficient (Wildman–Crippen LogP) is 3.32. The number of carbonyl (C=O) groups excluding carboxylic acids is 1. The monoisotopic (exact) mass is 298 g/mol. The molecule has 0 aliphatic carbocycles. The fraction of sp³-hybridized carbons (Fsp3) is 0.333. The maximum atomic E-state index is 12.3. The van der Waals surface area contributed by atoms with Crippen LogP contribution in [-0.2, 0) is 12.0 Å². The fourth-order valence-electron chi connectivity index (χ4n) is 2.21. The van der Waals surface area contributed by atoms with Crippen molar-refractivity contribution < 1.29 is 9.53 Å². The summed E-state index contributed by atoms with van der Waals surface area (Å²) in [5, 5.41) is 2.89. The van der Waals surface area contributed by atoms with E-state index >= 15 is 0 Å². The number of amides is 1. The maximum Gasteiger partial charge on any atom is 0.251 e. The third-order valence-electron chi connectivity index (χ3n) is 3.43. The standard InChI is InChI=1S/C18H22N2O2/c1-18(2,3)15-11-13(8-9-16(15)22-4)17(21)20-12-14-7-5-6-10-19-14/h5-11H,12H2,1-4H3,(H,20,21). The molecule has 1 heterocycles. The summed E-state index contributed by atoms with van der Waals surface area (Å²) in [7, 11) is 1.64. The lowest BCUT2D eigenvalue weighted by atomic mass is 9.85. The van der Waals surface area contributed by atoms with Gasteiger partial charge in [-0.2, -0.15) is 0 Å². The van der Waals surface area contributed by atoms with E-state index in [0.717, 1.165) is 17.0 Å². The van der Waals surface area contributed by atoms with E-state index in [9.17, 15) is 4.79 Å². The number of aromatic nitrogens is 1. The summed E-state index contributed by atoms with van der Waals surface area (Å²) in [6.07, 6.45) is 1.71. The van der Waals surface area contributed by atoms with Gasteiger partial charge in [-0.3, -0.25) is 9.78 Å². The van der Waals surface area contributed by atoms with Gasteiger partial charge in [0.05, 0.1) is 19.3 Å². The molecular formula is C18H22N2O2. The Morgan fingerprint density at radius 3 is 2.59 bits per heavy atom. The summed E-state index contributed by atoms with van der Waals surface area (Å²) in [5.74, 6) is 0.688. The van der Waals surface area contributed by atoms with Gasteiger partial charge in [-0.15, -0.1) is 0 Å². The number of nitrogens with one attached hydrogen (secondary N) is 1. The summed E-state index contributed by atoms with van der Waals surface area (Å²) in [6, 6.07) is 11.2. The summed E-state index contributed by atoms with van der Waals surface area (Å²) in [5.41, 5.74) is 2.38. The molecule has 2 aromatic rings. The van der Waals surface area contributed by atoms with Gasteiger partial charge in [0, 0.05) is 17.3 Å². The van der Waals surface area contributed by atoms with Crippen molar-refractivity contribution in [3.8, 4) is 5.75 Å². The van der Waals surface area contributed by atoms with Crippen molar-refractivity contribution in [2.45, 2.75) is 32.7 Å². The molecule has 0 bridgehead atoms. The van der Waals surface area contributed by atoms with Gasteiger partial charge in [0.15, 0.2) is 0 Å². The quantitative estimate of drug-likeness (QED) is 0.942. The molecular weight excluding hydrogens is 276 g/mol. The van der Waals surface area contributed by atoms with Gasteiger partial charge in [-0.05, 0) is 35.7 Å². The fourth-order valence-corrected chi connectivity index (χ4v) is 2.21. The molecule has 1 aromatic heterocycles. The Kier molecular flexibility index (Phi) is 4.81. The molecule has 1 N–H and O–H groups in total. The van der Waals surface area contributed by atoms with E-state index in [1.807, 2.05) is 30.3 Å². The van der Waals surface area contributed by atoms with Crippen LogP contribution in [0.25, 0.3) is 0 Å². The normalized spacial score (nSPS) is 11.1. The maximum absolute atomic E-state index is 12.3.